The molecule has 4 heteroatoms. The van der Waals surface area contributed by atoms with Crippen molar-refractivity contribution in [3.63, 3.8) is 0 Å². The molecule has 0 aromatic heterocycles. The Morgan fingerprint density at radius 1 is 1.80 bits per heavy atom. The molecule has 2 heterocycles. The molecule has 0 aliphatic carbocycles. The van der Waals surface area contributed by atoms with Crippen LogP contribution >= 0.6 is 11.8 Å². The van der Waals surface area contributed by atoms with Gasteiger partial charge in [0.2, 0.25) is 0 Å². The molecule has 0 bridgehead atoms. The van der Waals surface area contributed by atoms with Gasteiger partial charge in [-0.1, -0.05) is 5.43 Å². The van der Waals surface area contributed by atoms with E-state index in [2.05, 4.69) is 17.0 Å². The number of hydrogen-bond donors (Lipinski definition) is 1. The van der Waals surface area contributed by atoms with Crippen molar-refractivity contribution in [3.05, 3.63) is 11.6 Å². The lowest BCUT2D eigenvalue weighted by Gasteiger charge is -2.05. The van der Waals surface area contributed by atoms with Crippen LogP contribution in [0.4, 0.5) is 0 Å². The van der Waals surface area contributed by atoms with Crippen LogP contribution in [0, 0.1) is 0 Å². The van der Waals surface area contributed by atoms with Gasteiger partial charge in [-0.25, -0.2) is 0 Å². The van der Waals surface area contributed by atoms with Crippen LogP contribution < -0.4 is 5.43 Å². The number of nitrogens with one attached hydrogen (secondary N) is 1. The molecule has 1 fully saturated rings. The second-order valence-electron chi connectivity index (χ2n) is 2.55. The molecule has 0 radical (unpaired) electrons. The summed E-state index contributed by atoms with van der Waals surface area (Å²) in [5.74, 6) is 0. The van der Waals surface area contributed by atoms with Crippen molar-refractivity contribution in [2.24, 2.45) is 0 Å². The number of ether oxygens (including phenoxy) is 1. The van der Waals surface area contributed by atoms with E-state index in [1.165, 1.54) is 0 Å². The summed E-state index contributed by atoms with van der Waals surface area (Å²) in [4.78, 5) is 0. The molecule has 3 nitrogen and oxygen atoms in total. The van der Waals surface area contributed by atoms with Gasteiger partial charge in [0.25, 0.3) is 5.50 Å². The van der Waals surface area contributed by atoms with Gasteiger partial charge in [0, 0.05) is 12.5 Å². The molecule has 10 heavy (non-hydrogen) atoms. The van der Waals surface area contributed by atoms with Crippen molar-refractivity contribution in [2.45, 2.75) is 5.50 Å². The molecule has 0 aromatic rings. The number of nitrogens with zero attached hydrogens (tertiary/aromatic N) is 1. The van der Waals surface area contributed by atoms with E-state index in [0.29, 0.717) is 5.50 Å². The maximum Gasteiger partial charge on any atom is 0.259 e. The normalized spacial score (nSPS) is 41.9. The third-order valence-electron chi connectivity index (χ3n) is 1.90. The summed E-state index contributed by atoms with van der Waals surface area (Å²) >= 11 is 1.85. The van der Waals surface area contributed by atoms with E-state index in [-0.39, 0.29) is 0 Å². The molecular formula is C6H11N2OS+. The third kappa shape index (κ3) is 0.880. The van der Waals surface area contributed by atoms with Crippen molar-refractivity contribution in [1.82, 2.24) is 5.43 Å². The number of fused-ring (bicyclic) bond motifs is 1. The first-order chi connectivity index (χ1) is 4.87. The van der Waals surface area contributed by atoms with Crippen LogP contribution in [0.3, 0.4) is 0 Å². The molecule has 56 valence electrons. The van der Waals surface area contributed by atoms with Crippen LogP contribution in [0.5, 0.6) is 0 Å². The van der Waals surface area contributed by atoms with Crippen molar-refractivity contribution >= 4 is 11.8 Å². The fraction of sp³-hybridized carbons (Fsp3) is 0.667. The number of quaternary nitrogens is 1. The quantitative estimate of drug-likeness (QED) is 0.480. The van der Waals surface area contributed by atoms with E-state index < -0.39 is 0 Å². The van der Waals surface area contributed by atoms with E-state index in [9.17, 15) is 0 Å². The van der Waals surface area contributed by atoms with Gasteiger partial charge in [0.05, 0.1) is 6.61 Å². The first kappa shape index (κ1) is 6.67. The van der Waals surface area contributed by atoms with Gasteiger partial charge in [-0.05, 0) is 11.8 Å². The largest absolute Gasteiger partial charge is 0.379 e. The zero-order chi connectivity index (χ0) is 7.03. The molecule has 1 N–H and O–H groups in total. The van der Waals surface area contributed by atoms with Gasteiger partial charge in [-0.15, -0.1) is 0 Å². The van der Waals surface area contributed by atoms with Crippen molar-refractivity contribution in [3.8, 4) is 0 Å². The molecule has 0 saturated carbocycles. The van der Waals surface area contributed by atoms with E-state index in [0.717, 1.165) is 17.7 Å². The lowest BCUT2D eigenvalue weighted by molar-refractivity contribution is -0.774. The topological polar surface area (TPSA) is 31.2 Å². The Labute approximate surface area is 64.6 Å². The summed E-state index contributed by atoms with van der Waals surface area (Å²) in [6, 6.07) is 0. The van der Waals surface area contributed by atoms with Gasteiger partial charge in [0.1, 0.15) is 12.7 Å². The van der Waals surface area contributed by atoms with Gasteiger partial charge in [0.15, 0.2) is 0 Å². The summed E-state index contributed by atoms with van der Waals surface area (Å²) in [5, 5.41) is 2.15. The maximum absolute atomic E-state index is 5.00. The van der Waals surface area contributed by atoms with Crippen LogP contribution in [0.1, 0.15) is 0 Å². The zero-order valence-electron chi connectivity index (χ0n) is 5.91. The van der Waals surface area contributed by atoms with Gasteiger partial charge < -0.3 is 4.74 Å². The smallest absolute Gasteiger partial charge is 0.259 e. The number of thioether (sulfide) groups is 1. The lowest BCUT2D eigenvalue weighted by atomic mass is 10.6. The molecule has 2 aliphatic heterocycles. The van der Waals surface area contributed by atoms with Crippen LogP contribution in [0.25, 0.3) is 0 Å². The molecule has 2 atom stereocenters. The minimum atomic E-state index is 0.593. The fourth-order valence-corrected chi connectivity index (χ4v) is 2.24. The average molecular weight is 159 g/mol. The van der Waals surface area contributed by atoms with Crippen LogP contribution in [-0.2, 0) is 4.74 Å². The Balaban J connectivity index is 1.87. The average Bonchev–Trinajstić information content (AvgIpc) is 2.51. The van der Waals surface area contributed by atoms with Crippen LogP contribution in [0.15, 0.2) is 11.6 Å². The molecule has 0 aromatic carbocycles. The predicted molar refractivity (Wildman–Crippen MR) is 40.7 cm³/mol. The second kappa shape index (κ2) is 2.23. The number of rotatable bonds is 3. The Morgan fingerprint density at radius 3 is 3.20 bits per heavy atom. The van der Waals surface area contributed by atoms with Gasteiger partial charge in [-0.2, -0.15) is 4.59 Å². The highest BCUT2D eigenvalue weighted by Gasteiger charge is 2.57. The van der Waals surface area contributed by atoms with Crippen molar-refractivity contribution in [2.75, 3.05) is 20.3 Å². The first-order valence-corrected chi connectivity index (χ1v) is 4.29. The third-order valence-corrected chi connectivity index (χ3v) is 2.92. The van der Waals surface area contributed by atoms with Crippen molar-refractivity contribution in [1.29, 1.82) is 0 Å². The summed E-state index contributed by atoms with van der Waals surface area (Å²) in [6.45, 7) is 1.87. The monoisotopic (exact) mass is 159 g/mol. The molecule has 0 spiro atoms. The minimum Gasteiger partial charge on any atom is -0.379 e. The Kier molecular flexibility index (Phi) is 1.49. The molecule has 0 amide bonds. The predicted octanol–water partition coefficient (Wildman–Crippen LogP) is 0.469. The highest BCUT2D eigenvalue weighted by Crippen LogP contribution is 2.40. The first-order valence-electron chi connectivity index (χ1n) is 3.35. The SMILES string of the molecule is COCC[N+]12C=CSC1N2. The molecule has 2 unspecified atom stereocenters. The summed E-state index contributed by atoms with van der Waals surface area (Å²) in [7, 11) is 1.74. The van der Waals surface area contributed by atoms with E-state index in [1.54, 1.807) is 7.11 Å². The van der Waals surface area contributed by atoms with Crippen LogP contribution in [0.2, 0.25) is 0 Å². The minimum absolute atomic E-state index is 0.593. The Bertz CT molecular complexity index is 173. The van der Waals surface area contributed by atoms with Gasteiger partial charge >= 0.3 is 0 Å². The second-order valence-corrected chi connectivity index (χ2v) is 3.54. The standard InChI is InChI=1S/C6H11N2OS/c1-9-4-2-8-3-5-10-6(8)7-8/h3,5-7H,2,4H2,1H3/q+1. The fourth-order valence-electron chi connectivity index (χ4n) is 1.15. The number of methoxy groups -OCH3 is 1. The van der Waals surface area contributed by atoms with Crippen molar-refractivity contribution < 1.29 is 9.33 Å². The number of hydrogen-bond acceptors (Lipinski definition) is 3. The molecular weight excluding hydrogens is 148 g/mol. The Morgan fingerprint density at radius 2 is 2.70 bits per heavy atom. The zero-order valence-corrected chi connectivity index (χ0v) is 6.73. The summed E-state index contributed by atoms with van der Waals surface area (Å²) in [6.07, 6.45) is 2.19. The Hall–Kier alpha value is -0.0300. The lowest BCUT2D eigenvalue weighted by Crippen LogP contribution is -2.26. The molecule has 2 aliphatic rings. The highest BCUT2D eigenvalue weighted by molar-refractivity contribution is 8.02. The summed E-state index contributed by atoms with van der Waals surface area (Å²) in [5.41, 5.74) is 3.94. The molecule has 2 rings (SSSR count). The van der Waals surface area contributed by atoms with E-state index in [1.807, 2.05) is 11.8 Å². The van der Waals surface area contributed by atoms with E-state index >= 15 is 0 Å². The summed E-state index contributed by atoms with van der Waals surface area (Å²) < 4.78 is 5.93. The van der Waals surface area contributed by atoms with E-state index in [4.69, 9.17) is 4.74 Å². The van der Waals surface area contributed by atoms with Gasteiger partial charge in [-0.3, -0.25) is 0 Å². The molecule has 1 saturated heterocycles. The van der Waals surface area contributed by atoms with Crippen LogP contribution in [-0.4, -0.2) is 30.4 Å². The maximum atomic E-state index is 5.00. The highest BCUT2D eigenvalue weighted by atomic mass is 32.2.